The highest BCUT2D eigenvalue weighted by Crippen LogP contribution is 2.57. The summed E-state index contributed by atoms with van der Waals surface area (Å²) in [5.74, 6) is 1.22. The molecule has 0 bridgehead atoms. The van der Waals surface area contributed by atoms with Gasteiger partial charge in [-0.15, -0.1) is 0 Å². The number of pyridine rings is 1. The van der Waals surface area contributed by atoms with Gasteiger partial charge in [-0.25, -0.2) is 0 Å². The first-order chi connectivity index (χ1) is 6.57. The minimum atomic E-state index is 0.202. The minimum absolute atomic E-state index is 0.202. The van der Waals surface area contributed by atoms with E-state index in [-0.39, 0.29) is 11.5 Å². The first kappa shape index (κ1) is 9.46. The van der Waals surface area contributed by atoms with E-state index in [1.165, 1.54) is 5.56 Å². The Bertz CT molecular complexity index is 349. The molecule has 14 heavy (non-hydrogen) atoms. The number of hydrogen-bond donors (Lipinski definition) is 1. The highest BCUT2D eigenvalue weighted by molar-refractivity contribution is 5.36. The maximum absolute atomic E-state index is 6.00. The molecule has 3 heteroatoms. The highest BCUT2D eigenvalue weighted by Gasteiger charge is 2.56. The third kappa shape index (κ3) is 1.28. The Morgan fingerprint density at radius 1 is 1.43 bits per heavy atom. The van der Waals surface area contributed by atoms with E-state index in [4.69, 9.17) is 10.5 Å². The Labute approximate surface area is 84.3 Å². The molecule has 1 aromatic rings. The van der Waals surface area contributed by atoms with Gasteiger partial charge in [-0.05, 0) is 17.0 Å². The summed E-state index contributed by atoms with van der Waals surface area (Å²) in [4.78, 5) is 4.14. The summed E-state index contributed by atoms with van der Waals surface area (Å²) in [6.45, 7) is 4.36. The average Bonchev–Trinajstić information content (AvgIpc) is 2.66. The van der Waals surface area contributed by atoms with E-state index in [2.05, 4.69) is 18.8 Å². The number of rotatable bonds is 2. The molecule has 0 spiro atoms. The molecule has 0 aliphatic heterocycles. The van der Waals surface area contributed by atoms with Gasteiger partial charge in [-0.2, -0.15) is 0 Å². The topological polar surface area (TPSA) is 48.1 Å². The van der Waals surface area contributed by atoms with Crippen LogP contribution in [0.3, 0.4) is 0 Å². The molecule has 0 saturated heterocycles. The van der Waals surface area contributed by atoms with Crippen LogP contribution in [0, 0.1) is 5.41 Å². The highest BCUT2D eigenvalue weighted by atomic mass is 16.5. The molecule has 2 atom stereocenters. The lowest BCUT2D eigenvalue weighted by Crippen LogP contribution is -2.06. The molecule has 0 unspecified atom stereocenters. The second-order valence-electron chi connectivity index (χ2n) is 4.48. The molecule has 0 radical (unpaired) electrons. The van der Waals surface area contributed by atoms with Crippen LogP contribution in [0.5, 0.6) is 5.75 Å². The molecule has 0 aromatic carbocycles. The molecule has 1 aliphatic carbocycles. The van der Waals surface area contributed by atoms with Crippen LogP contribution in [-0.2, 0) is 0 Å². The number of hydrogen-bond acceptors (Lipinski definition) is 3. The third-order valence-corrected chi connectivity index (χ3v) is 3.24. The second-order valence-corrected chi connectivity index (χ2v) is 4.48. The van der Waals surface area contributed by atoms with Gasteiger partial charge in [-0.1, -0.05) is 13.8 Å². The second kappa shape index (κ2) is 2.95. The molecular weight excluding hydrogens is 176 g/mol. The predicted octanol–water partition coefficient (Wildman–Crippen LogP) is 1.54. The van der Waals surface area contributed by atoms with Crippen molar-refractivity contribution < 1.29 is 4.74 Å². The molecule has 1 aromatic heterocycles. The standard InChI is InChI=1S/C11H16N2O/c1-11(2)9(10(11)12)7-4-8(14-3)6-13-5-7/h4-6,9-10H,12H2,1-3H3/t9-,10-/m1/s1. The van der Waals surface area contributed by atoms with Crippen molar-refractivity contribution in [3.8, 4) is 5.75 Å². The van der Waals surface area contributed by atoms with Crippen molar-refractivity contribution in [2.24, 2.45) is 11.1 Å². The smallest absolute Gasteiger partial charge is 0.137 e. The summed E-state index contributed by atoms with van der Waals surface area (Å²) >= 11 is 0. The van der Waals surface area contributed by atoms with Gasteiger partial charge in [0.25, 0.3) is 0 Å². The molecule has 1 aliphatic rings. The number of ether oxygens (including phenoxy) is 1. The summed E-state index contributed by atoms with van der Waals surface area (Å²) in [7, 11) is 1.65. The van der Waals surface area contributed by atoms with Crippen LogP contribution in [0.1, 0.15) is 25.3 Å². The lowest BCUT2D eigenvalue weighted by molar-refractivity contribution is 0.412. The lowest BCUT2D eigenvalue weighted by atomic mass is 10.0. The van der Waals surface area contributed by atoms with Crippen molar-refractivity contribution in [1.82, 2.24) is 4.98 Å². The summed E-state index contributed by atoms with van der Waals surface area (Å²) in [5, 5.41) is 0. The van der Waals surface area contributed by atoms with Crippen LogP contribution < -0.4 is 10.5 Å². The van der Waals surface area contributed by atoms with Crippen LogP contribution in [0.2, 0.25) is 0 Å². The number of nitrogens with zero attached hydrogens (tertiary/aromatic N) is 1. The van der Waals surface area contributed by atoms with Crippen molar-refractivity contribution in [1.29, 1.82) is 0 Å². The molecule has 1 fully saturated rings. The largest absolute Gasteiger partial charge is 0.495 e. The Hall–Kier alpha value is -1.09. The summed E-state index contributed by atoms with van der Waals surface area (Å²) in [6, 6.07) is 2.27. The number of nitrogens with two attached hydrogens (primary N) is 1. The van der Waals surface area contributed by atoms with Gasteiger partial charge in [0.15, 0.2) is 0 Å². The number of methoxy groups -OCH3 is 1. The zero-order valence-electron chi connectivity index (χ0n) is 8.82. The maximum Gasteiger partial charge on any atom is 0.137 e. The summed E-state index contributed by atoms with van der Waals surface area (Å²) < 4.78 is 5.13. The van der Waals surface area contributed by atoms with Crippen LogP contribution in [-0.4, -0.2) is 18.1 Å². The maximum atomic E-state index is 6.00. The fourth-order valence-electron chi connectivity index (χ4n) is 2.03. The molecule has 76 valence electrons. The molecule has 0 amide bonds. The van der Waals surface area contributed by atoms with Crippen molar-refractivity contribution >= 4 is 0 Å². The fraction of sp³-hybridized carbons (Fsp3) is 0.545. The Morgan fingerprint density at radius 3 is 2.57 bits per heavy atom. The van der Waals surface area contributed by atoms with E-state index >= 15 is 0 Å². The van der Waals surface area contributed by atoms with Crippen molar-refractivity contribution in [2.75, 3.05) is 7.11 Å². The monoisotopic (exact) mass is 192 g/mol. The minimum Gasteiger partial charge on any atom is -0.495 e. The van der Waals surface area contributed by atoms with E-state index in [0.29, 0.717) is 5.92 Å². The first-order valence-corrected chi connectivity index (χ1v) is 4.82. The van der Waals surface area contributed by atoms with Crippen LogP contribution in [0.4, 0.5) is 0 Å². The van der Waals surface area contributed by atoms with Gasteiger partial charge in [-0.3, -0.25) is 4.98 Å². The van der Waals surface area contributed by atoms with Crippen LogP contribution in [0.25, 0.3) is 0 Å². The molecule has 1 heterocycles. The van der Waals surface area contributed by atoms with Crippen LogP contribution >= 0.6 is 0 Å². The van der Waals surface area contributed by atoms with Gasteiger partial charge < -0.3 is 10.5 Å². The van der Waals surface area contributed by atoms with Gasteiger partial charge in [0.2, 0.25) is 0 Å². The van der Waals surface area contributed by atoms with Gasteiger partial charge in [0.1, 0.15) is 5.75 Å². The van der Waals surface area contributed by atoms with Crippen molar-refractivity contribution in [3.63, 3.8) is 0 Å². The molecule has 1 saturated carbocycles. The lowest BCUT2D eigenvalue weighted by Gasteiger charge is -2.04. The Morgan fingerprint density at radius 2 is 2.07 bits per heavy atom. The first-order valence-electron chi connectivity index (χ1n) is 4.82. The fourth-order valence-corrected chi connectivity index (χ4v) is 2.03. The molecule has 2 rings (SSSR count). The van der Waals surface area contributed by atoms with E-state index in [1.54, 1.807) is 13.3 Å². The average molecular weight is 192 g/mol. The summed E-state index contributed by atoms with van der Waals surface area (Å²) in [5.41, 5.74) is 7.38. The quantitative estimate of drug-likeness (QED) is 0.773. The third-order valence-electron chi connectivity index (χ3n) is 3.24. The normalized spacial score (nSPS) is 28.6. The van der Waals surface area contributed by atoms with Crippen molar-refractivity contribution in [2.45, 2.75) is 25.8 Å². The zero-order chi connectivity index (χ0) is 10.3. The zero-order valence-corrected chi connectivity index (χ0v) is 8.82. The predicted molar refractivity (Wildman–Crippen MR) is 55.3 cm³/mol. The number of aromatic nitrogens is 1. The van der Waals surface area contributed by atoms with E-state index < -0.39 is 0 Å². The van der Waals surface area contributed by atoms with Gasteiger partial charge in [0, 0.05) is 18.2 Å². The van der Waals surface area contributed by atoms with Crippen LogP contribution in [0.15, 0.2) is 18.5 Å². The van der Waals surface area contributed by atoms with E-state index in [9.17, 15) is 0 Å². The van der Waals surface area contributed by atoms with E-state index in [0.717, 1.165) is 5.75 Å². The molecular formula is C11H16N2O. The molecule has 3 nitrogen and oxygen atoms in total. The Balaban J connectivity index is 2.26. The molecule has 2 N–H and O–H groups in total. The SMILES string of the molecule is COc1cncc([C@@H]2[C@@H](N)C2(C)C)c1. The van der Waals surface area contributed by atoms with Crippen molar-refractivity contribution in [3.05, 3.63) is 24.0 Å². The Kier molecular flexibility index (Phi) is 2.00. The van der Waals surface area contributed by atoms with E-state index in [1.807, 2.05) is 12.3 Å². The van der Waals surface area contributed by atoms with Gasteiger partial charge >= 0.3 is 0 Å². The summed E-state index contributed by atoms with van der Waals surface area (Å²) in [6.07, 6.45) is 3.59. The van der Waals surface area contributed by atoms with Gasteiger partial charge in [0.05, 0.1) is 13.3 Å².